The maximum Gasteiger partial charge on any atom is 0.311 e. The van der Waals surface area contributed by atoms with Crippen molar-refractivity contribution in [3.63, 3.8) is 0 Å². The zero-order chi connectivity index (χ0) is 25.4. The second kappa shape index (κ2) is 12.0. The fourth-order valence-corrected chi connectivity index (χ4v) is 3.69. The van der Waals surface area contributed by atoms with Gasteiger partial charge in [0, 0.05) is 24.0 Å². The van der Waals surface area contributed by atoms with Gasteiger partial charge in [-0.3, -0.25) is 14.4 Å². The van der Waals surface area contributed by atoms with Crippen LogP contribution in [0.1, 0.15) is 57.1 Å². The van der Waals surface area contributed by atoms with Gasteiger partial charge in [-0.2, -0.15) is 0 Å². The largest absolute Gasteiger partial charge is 0.493 e. The number of hydrogen-bond acceptors (Lipinski definition) is 7. The lowest BCUT2D eigenvalue weighted by molar-refractivity contribution is -0.135. The molecule has 1 aliphatic carbocycles. The van der Waals surface area contributed by atoms with Gasteiger partial charge in [0.15, 0.2) is 28.8 Å². The molecule has 0 spiro atoms. The van der Waals surface area contributed by atoms with E-state index < -0.39 is 0 Å². The third-order valence-electron chi connectivity index (χ3n) is 5.56. The molecule has 0 aromatic heterocycles. The van der Waals surface area contributed by atoms with E-state index in [0.717, 1.165) is 17.5 Å². The van der Waals surface area contributed by atoms with E-state index in [2.05, 4.69) is 0 Å². The van der Waals surface area contributed by atoms with Crippen molar-refractivity contribution in [2.45, 2.75) is 46.0 Å². The van der Waals surface area contributed by atoms with Gasteiger partial charge >= 0.3 is 11.9 Å². The van der Waals surface area contributed by atoms with Gasteiger partial charge in [-0.1, -0.05) is 26.0 Å². The monoisotopic (exact) mass is 478 g/mol. The highest BCUT2D eigenvalue weighted by Gasteiger charge is 2.21. The number of carbonyl (C=O) groups excluding carboxylic acids is 3. The van der Waals surface area contributed by atoms with Crippen molar-refractivity contribution in [2.75, 3.05) is 14.2 Å². The van der Waals surface area contributed by atoms with E-state index in [1.54, 1.807) is 50.2 Å². The van der Waals surface area contributed by atoms with Gasteiger partial charge in [0.25, 0.3) is 0 Å². The van der Waals surface area contributed by atoms with Crippen LogP contribution in [0.15, 0.2) is 47.5 Å². The molecule has 2 aromatic carbocycles. The van der Waals surface area contributed by atoms with Crippen LogP contribution >= 0.6 is 0 Å². The Hall–Kier alpha value is -3.87. The molecular formula is C28H30O7. The zero-order valence-electron chi connectivity index (χ0n) is 20.5. The molecule has 3 rings (SSSR count). The summed E-state index contributed by atoms with van der Waals surface area (Å²) in [5.41, 5.74) is 2.96. The number of methoxy groups -OCH3 is 2. The summed E-state index contributed by atoms with van der Waals surface area (Å²) in [6.45, 7) is 3.44. The highest BCUT2D eigenvalue weighted by molar-refractivity contribution is 6.14. The Balaban J connectivity index is 1.84. The van der Waals surface area contributed by atoms with Crippen molar-refractivity contribution >= 4 is 29.9 Å². The highest BCUT2D eigenvalue weighted by Crippen LogP contribution is 2.34. The topological polar surface area (TPSA) is 88.1 Å². The minimum atomic E-state index is -0.347. The molecule has 0 radical (unpaired) electrons. The summed E-state index contributed by atoms with van der Waals surface area (Å²) < 4.78 is 21.3. The highest BCUT2D eigenvalue weighted by atomic mass is 16.6. The fraction of sp³-hybridized carbons (Fsp3) is 0.321. The van der Waals surface area contributed by atoms with Crippen LogP contribution in [0.5, 0.6) is 23.0 Å². The SMILES string of the molecule is CCC(=O)Oc1ccc(/C=C2\CCC/C(=C\c3ccc(OC(=O)CC)c(OC)c3)C2=O)cc1OC. The van der Waals surface area contributed by atoms with Crippen LogP contribution in [0, 0.1) is 0 Å². The number of ether oxygens (including phenoxy) is 4. The van der Waals surface area contributed by atoms with Crippen molar-refractivity contribution < 1.29 is 33.3 Å². The maximum absolute atomic E-state index is 13.2. The zero-order valence-corrected chi connectivity index (χ0v) is 20.5. The minimum absolute atomic E-state index is 0.0165. The molecule has 1 aliphatic rings. The predicted octanol–water partition coefficient (Wildman–Crippen LogP) is 5.55. The average Bonchev–Trinajstić information content (AvgIpc) is 2.87. The van der Waals surface area contributed by atoms with Gasteiger partial charge in [0.1, 0.15) is 0 Å². The number of hydrogen-bond donors (Lipinski definition) is 0. The quantitative estimate of drug-likeness (QED) is 0.279. The van der Waals surface area contributed by atoms with Gasteiger partial charge in [0.05, 0.1) is 14.2 Å². The summed E-state index contributed by atoms with van der Waals surface area (Å²) in [5, 5.41) is 0. The van der Waals surface area contributed by atoms with E-state index in [4.69, 9.17) is 18.9 Å². The molecule has 35 heavy (non-hydrogen) atoms. The van der Waals surface area contributed by atoms with E-state index in [9.17, 15) is 14.4 Å². The summed E-state index contributed by atoms with van der Waals surface area (Å²) >= 11 is 0. The molecule has 0 saturated heterocycles. The molecule has 0 bridgehead atoms. The lowest BCUT2D eigenvalue weighted by Gasteiger charge is -2.17. The Labute approximate surface area is 205 Å². The molecular weight excluding hydrogens is 448 g/mol. The van der Waals surface area contributed by atoms with Gasteiger partial charge in [-0.15, -0.1) is 0 Å². The summed E-state index contributed by atoms with van der Waals surface area (Å²) in [5.74, 6) is 0.835. The molecule has 2 aromatic rings. The third kappa shape index (κ3) is 6.59. The number of Topliss-reactive ketones (excluding diaryl/α,β-unsaturated/α-hetero) is 1. The Morgan fingerprint density at radius 2 is 1.17 bits per heavy atom. The van der Waals surface area contributed by atoms with Crippen molar-refractivity contribution in [1.29, 1.82) is 0 Å². The van der Waals surface area contributed by atoms with E-state index >= 15 is 0 Å². The maximum atomic E-state index is 13.2. The number of rotatable bonds is 8. The lowest BCUT2D eigenvalue weighted by Crippen LogP contribution is -2.12. The molecule has 0 heterocycles. The fourth-order valence-electron chi connectivity index (χ4n) is 3.69. The molecule has 7 heteroatoms. The van der Waals surface area contributed by atoms with Gasteiger partial charge < -0.3 is 18.9 Å². The summed E-state index contributed by atoms with van der Waals surface area (Å²) in [6.07, 6.45) is 6.39. The first-order valence-corrected chi connectivity index (χ1v) is 11.6. The summed E-state index contributed by atoms with van der Waals surface area (Å²) in [7, 11) is 3.01. The van der Waals surface area contributed by atoms with Gasteiger partial charge in [-0.05, 0) is 66.8 Å². The minimum Gasteiger partial charge on any atom is -0.493 e. The van der Waals surface area contributed by atoms with E-state index in [0.29, 0.717) is 47.0 Å². The number of esters is 2. The van der Waals surface area contributed by atoms with Crippen molar-refractivity contribution in [3.05, 3.63) is 58.7 Å². The Morgan fingerprint density at radius 1 is 0.743 bits per heavy atom. The number of benzene rings is 2. The molecule has 0 N–H and O–H groups in total. The lowest BCUT2D eigenvalue weighted by atomic mass is 9.87. The van der Waals surface area contributed by atoms with Crippen LogP contribution in [0.4, 0.5) is 0 Å². The van der Waals surface area contributed by atoms with Crippen LogP contribution in [0.3, 0.4) is 0 Å². The Bertz CT molecular complexity index is 1080. The van der Waals surface area contributed by atoms with E-state index in [-0.39, 0.29) is 30.6 Å². The number of ketones is 1. The molecule has 0 aliphatic heterocycles. The van der Waals surface area contributed by atoms with Crippen LogP contribution in [-0.2, 0) is 14.4 Å². The Kier molecular flexibility index (Phi) is 8.84. The second-order valence-corrected chi connectivity index (χ2v) is 8.00. The molecule has 0 unspecified atom stereocenters. The smallest absolute Gasteiger partial charge is 0.311 e. The number of carbonyl (C=O) groups is 3. The predicted molar refractivity (Wildman–Crippen MR) is 133 cm³/mol. The Morgan fingerprint density at radius 3 is 1.54 bits per heavy atom. The number of allylic oxidation sites excluding steroid dienone is 2. The summed E-state index contributed by atoms with van der Waals surface area (Å²) in [4.78, 5) is 36.5. The molecule has 0 atom stereocenters. The van der Waals surface area contributed by atoms with E-state index in [1.807, 2.05) is 12.2 Å². The molecule has 7 nitrogen and oxygen atoms in total. The first kappa shape index (κ1) is 25.7. The first-order valence-electron chi connectivity index (χ1n) is 11.6. The second-order valence-electron chi connectivity index (χ2n) is 8.00. The molecule has 0 amide bonds. The first-order chi connectivity index (χ1) is 16.9. The van der Waals surface area contributed by atoms with Gasteiger partial charge in [0.2, 0.25) is 0 Å². The van der Waals surface area contributed by atoms with Crippen molar-refractivity contribution in [3.8, 4) is 23.0 Å². The third-order valence-corrected chi connectivity index (χ3v) is 5.56. The van der Waals surface area contributed by atoms with Crippen molar-refractivity contribution in [1.82, 2.24) is 0 Å². The average molecular weight is 479 g/mol. The molecule has 1 saturated carbocycles. The van der Waals surface area contributed by atoms with Gasteiger partial charge in [-0.25, -0.2) is 0 Å². The standard InChI is InChI=1S/C28H30O7/c1-5-26(29)34-22-12-10-18(16-24(22)32-3)14-20-8-7-9-21(28(20)31)15-19-11-13-23(25(17-19)33-4)35-27(30)6-2/h10-17H,5-9H2,1-4H3/b20-14+,21-15+. The van der Waals surface area contributed by atoms with Crippen LogP contribution in [0.25, 0.3) is 12.2 Å². The molecule has 184 valence electrons. The molecule has 1 fully saturated rings. The van der Waals surface area contributed by atoms with Crippen LogP contribution in [0.2, 0.25) is 0 Å². The van der Waals surface area contributed by atoms with Crippen molar-refractivity contribution in [2.24, 2.45) is 0 Å². The van der Waals surface area contributed by atoms with Crippen LogP contribution in [-0.4, -0.2) is 31.9 Å². The normalized spacial score (nSPS) is 15.7. The van der Waals surface area contributed by atoms with Crippen LogP contribution < -0.4 is 18.9 Å². The van der Waals surface area contributed by atoms with E-state index in [1.165, 1.54) is 14.2 Å². The summed E-state index contributed by atoms with van der Waals surface area (Å²) in [6, 6.07) is 10.4.